The molecule has 0 bridgehead atoms. The summed E-state index contributed by atoms with van der Waals surface area (Å²) in [4.78, 5) is 45.7. The SMILES string of the molecule is CCN(Cc1nc2cc(Cl)ccc2c(=O)[nH]1)C(=O)CC(NC(C)=O)c1ccccc1. The van der Waals surface area contributed by atoms with Crippen LogP contribution in [0.1, 0.15) is 37.7 Å². The number of aromatic nitrogens is 2. The summed E-state index contributed by atoms with van der Waals surface area (Å²) in [6, 6.07) is 13.8. The van der Waals surface area contributed by atoms with E-state index in [2.05, 4.69) is 15.3 Å². The van der Waals surface area contributed by atoms with Crippen molar-refractivity contribution in [2.45, 2.75) is 32.9 Å². The third-order valence-corrected chi connectivity index (χ3v) is 4.99. The van der Waals surface area contributed by atoms with Crippen molar-refractivity contribution in [1.29, 1.82) is 0 Å². The van der Waals surface area contributed by atoms with E-state index in [0.29, 0.717) is 28.3 Å². The number of rotatable bonds is 7. The van der Waals surface area contributed by atoms with E-state index in [1.807, 2.05) is 37.3 Å². The van der Waals surface area contributed by atoms with Gasteiger partial charge in [0.15, 0.2) is 0 Å². The zero-order valence-corrected chi connectivity index (χ0v) is 17.6. The summed E-state index contributed by atoms with van der Waals surface area (Å²) in [5.41, 5.74) is 1.05. The molecule has 0 aliphatic carbocycles. The Hall–Kier alpha value is -3.19. The Morgan fingerprint density at radius 2 is 1.93 bits per heavy atom. The molecule has 1 unspecified atom stereocenters. The summed E-state index contributed by atoms with van der Waals surface area (Å²) in [7, 11) is 0. The average Bonchev–Trinajstić information content (AvgIpc) is 2.71. The van der Waals surface area contributed by atoms with Crippen molar-refractivity contribution in [3.63, 3.8) is 0 Å². The maximum atomic E-state index is 13.0. The number of carbonyl (C=O) groups is 2. The van der Waals surface area contributed by atoms with Crippen LogP contribution in [0.3, 0.4) is 0 Å². The number of aromatic amines is 1. The second-order valence-corrected chi connectivity index (χ2v) is 7.39. The summed E-state index contributed by atoms with van der Waals surface area (Å²) in [6.45, 7) is 3.85. The van der Waals surface area contributed by atoms with Gasteiger partial charge in [-0.3, -0.25) is 14.4 Å². The smallest absolute Gasteiger partial charge is 0.258 e. The summed E-state index contributed by atoms with van der Waals surface area (Å²) >= 11 is 6.01. The molecule has 1 aromatic heterocycles. The standard InChI is InChI=1S/C22H23ClN4O3/c1-3-27(13-20-25-19-11-16(23)9-10-17(19)22(30)26-20)21(29)12-18(24-14(2)28)15-7-5-4-6-8-15/h4-11,18H,3,12-13H2,1-2H3,(H,24,28)(H,25,26,30). The van der Waals surface area contributed by atoms with Crippen molar-refractivity contribution in [2.24, 2.45) is 0 Å². The second-order valence-electron chi connectivity index (χ2n) is 6.95. The molecule has 0 aliphatic heterocycles. The first-order valence-corrected chi connectivity index (χ1v) is 10.0. The van der Waals surface area contributed by atoms with Crippen molar-refractivity contribution in [2.75, 3.05) is 6.54 Å². The van der Waals surface area contributed by atoms with Gasteiger partial charge in [-0.05, 0) is 30.7 Å². The minimum absolute atomic E-state index is 0.0983. The highest BCUT2D eigenvalue weighted by Crippen LogP contribution is 2.19. The van der Waals surface area contributed by atoms with Gasteiger partial charge < -0.3 is 15.2 Å². The lowest BCUT2D eigenvalue weighted by Crippen LogP contribution is -2.36. The van der Waals surface area contributed by atoms with Crippen LogP contribution >= 0.6 is 11.6 Å². The Bertz CT molecular complexity index is 1110. The molecule has 0 aliphatic rings. The van der Waals surface area contributed by atoms with Gasteiger partial charge in [0.1, 0.15) is 5.82 Å². The van der Waals surface area contributed by atoms with E-state index < -0.39 is 6.04 Å². The molecule has 30 heavy (non-hydrogen) atoms. The highest BCUT2D eigenvalue weighted by molar-refractivity contribution is 6.31. The number of H-pyrrole nitrogens is 1. The van der Waals surface area contributed by atoms with Gasteiger partial charge in [0.2, 0.25) is 11.8 Å². The number of fused-ring (bicyclic) bond motifs is 1. The quantitative estimate of drug-likeness (QED) is 0.606. The molecule has 0 saturated heterocycles. The maximum Gasteiger partial charge on any atom is 0.258 e. The molecule has 1 atom stereocenters. The van der Waals surface area contributed by atoms with Crippen molar-refractivity contribution in [3.05, 3.63) is 75.3 Å². The average molecular weight is 427 g/mol. The molecule has 7 nitrogen and oxygen atoms in total. The van der Waals surface area contributed by atoms with E-state index in [9.17, 15) is 14.4 Å². The Labute approximate surface area is 179 Å². The van der Waals surface area contributed by atoms with Crippen LogP contribution in [-0.2, 0) is 16.1 Å². The van der Waals surface area contributed by atoms with Crippen LogP contribution in [0, 0.1) is 0 Å². The highest BCUT2D eigenvalue weighted by Gasteiger charge is 2.21. The van der Waals surface area contributed by atoms with Crippen molar-refractivity contribution < 1.29 is 9.59 Å². The van der Waals surface area contributed by atoms with Crippen molar-refractivity contribution in [3.8, 4) is 0 Å². The van der Waals surface area contributed by atoms with Gasteiger partial charge in [-0.15, -0.1) is 0 Å². The van der Waals surface area contributed by atoms with Crippen molar-refractivity contribution >= 4 is 34.3 Å². The zero-order chi connectivity index (χ0) is 21.7. The Balaban J connectivity index is 1.81. The molecule has 156 valence electrons. The lowest BCUT2D eigenvalue weighted by molar-refractivity contribution is -0.132. The fraction of sp³-hybridized carbons (Fsp3) is 0.273. The summed E-state index contributed by atoms with van der Waals surface area (Å²) in [6.07, 6.45) is 0.0983. The minimum atomic E-state index is -0.437. The lowest BCUT2D eigenvalue weighted by atomic mass is 10.0. The Morgan fingerprint density at radius 3 is 2.60 bits per heavy atom. The Morgan fingerprint density at radius 1 is 1.20 bits per heavy atom. The fourth-order valence-electron chi connectivity index (χ4n) is 3.28. The predicted molar refractivity (Wildman–Crippen MR) is 116 cm³/mol. The first-order chi connectivity index (χ1) is 14.4. The normalized spacial score (nSPS) is 11.8. The third-order valence-electron chi connectivity index (χ3n) is 4.75. The largest absolute Gasteiger partial charge is 0.349 e. The van der Waals surface area contributed by atoms with Crippen LogP contribution < -0.4 is 10.9 Å². The molecule has 2 N–H and O–H groups in total. The van der Waals surface area contributed by atoms with E-state index in [0.717, 1.165) is 5.56 Å². The zero-order valence-electron chi connectivity index (χ0n) is 16.8. The molecule has 0 radical (unpaired) electrons. The first-order valence-electron chi connectivity index (χ1n) is 9.65. The Kier molecular flexibility index (Phi) is 6.84. The number of hydrogen-bond donors (Lipinski definition) is 2. The van der Waals surface area contributed by atoms with E-state index in [4.69, 9.17) is 11.6 Å². The summed E-state index contributed by atoms with van der Waals surface area (Å²) in [5, 5.41) is 3.75. The number of amides is 2. The molecule has 3 aromatic rings. The van der Waals surface area contributed by atoms with Crippen molar-refractivity contribution in [1.82, 2.24) is 20.2 Å². The van der Waals surface area contributed by atoms with E-state index >= 15 is 0 Å². The summed E-state index contributed by atoms with van der Waals surface area (Å²) < 4.78 is 0. The topological polar surface area (TPSA) is 95.2 Å². The van der Waals surface area contributed by atoms with Gasteiger partial charge in [0.25, 0.3) is 5.56 Å². The molecule has 1 heterocycles. The maximum absolute atomic E-state index is 13.0. The van der Waals surface area contributed by atoms with Gasteiger partial charge in [-0.2, -0.15) is 0 Å². The molecule has 0 spiro atoms. The number of benzene rings is 2. The van der Waals surface area contributed by atoms with Crippen LogP contribution in [-0.4, -0.2) is 33.2 Å². The third kappa shape index (κ3) is 5.24. The molecular formula is C22H23ClN4O3. The second kappa shape index (κ2) is 9.54. The van der Waals surface area contributed by atoms with Gasteiger partial charge in [-0.1, -0.05) is 41.9 Å². The predicted octanol–water partition coefficient (Wildman–Crippen LogP) is 3.19. The number of nitrogens with one attached hydrogen (secondary N) is 2. The van der Waals surface area contributed by atoms with Crippen LogP contribution in [0.15, 0.2) is 53.3 Å². The monoisotopic (exact) mass is 426 g/mol. The van der Waals surface area contributed by atoms with Crippen LogP contribution in [0.25, 0.3) is 10.9 Å². The molecule has 2 aromatic carbocycles. The molecule has 8 heteroatoms. The summed E-state index contributed by atoms with van der Waals surface area (Å²) in [5.74, 6) is 0.00630. The number of nitrogens with zero attached hydrogens (tertiary/aromatic N) is 2. The van der Waals surface area contributed by atoms with Gasteiger partial charge in [0.05, 0.1) is 29.9 Å². The number of hydrogen-bond acceptors (Lipinski definition) is 4. The molecule has 0 fully saturated rings. The van der Waals surface area contributed by atoms with E-state index in [1.165, 1.54) is 6.92 Å². The van der Waals surface area contributed by atoms with Crippen LogP contribution in [0.4, 0.5) is 0 Å². The molecular weight excluding hydrogens is 404 g/mol. The lowest BCUT2D eigenvalue weighted by Gasteiger charge is -2.24. The highest BCUT2D eigenvalue weighted by atomic mass is 35.5. The van der Waals surface area contributed by atoms with Gasteiger partial charge >= 0.3 is 0 Å². The fourth-order valence-corrected chi connectivity index (χ4v) is 3.45. The van der Waals surface area contributed by atoms with Crippen LogP contribution in [0.5, 0.6) is 0 Å². The van der Waals surface area contributed by atoms with E-state index in [-0.39, 0.29) is 30.3 Å². The number of carbonyl (C=O) groups excluding carboxylic acids is 2. The van der Waals surface area contributed by atoms with Gasteiger partial charge in [0, 0.05) is 18.5 Å². The molecule has 2 amide bonds. The molecule has 3 rings (SSSR count). The first kappa shape index (κ1) is 21.5. The van der Waals surface area contributed by atoms with E-state index in [1.54, 1.807) is 23.1 Å². The molecule has 0 saturated carbocycles. The minimum Gasteiger partial charge on any atom is -0.349 e. The number of halogens is 1. The van der Waals surface area contributed by atoms with Gasteiger partial charge in [-0.25, -0.2) is 4.98 Å². The van der Waals surface area contributed by atoms with Crippen LogP contribution in [0.2, 0.25) is 5.02 Å².